The molecule has 1 saturated heterocycles. The van der Waals surface area contributed by atoms with Gasteiger partial charge in [-0.05, 0) is 57.4 Å². The SMILES string of the molecule is CC(C)(C)OC(=O)N1CCC2(CC2)C[C@H]1C(=O)OCc1ccccc1.Cl. The second-order valence-corrected chi connectivity index (χ2v) is 8.24. The summed E-state index contributed by atoms with van der Waals surface area (Å²) >= 11 is 0. The maximum Gasteiger partial charge on any atom is 0.411 e. The third-order valence-corrected chi connectivity index (χ3v) is 4.97. The minimum absolute atomic E-state index is 0. The van der Waals surface area contributed by atoms with Gasteiger partial charge in [-0.1, -0.05) is 30.3 Å². The van der Waals surface area contributed by atoms with Gasteiger partial charge in [0.2, 0.25) is 0 Å². The van der Waals surface area contributed by atoms with Crippen molar-refractivity contribution in [2.45, 2.75) is 64.7 Å². The van der Waals surface area contributed by atoms with Crippen LogP contribution in [0.3, 0.4) is 0 Å². The van der Waals surface area contributed by atoms with Crippen LogP contribution in [-0.4, -0.2) is 35.2 Å². The van der Waals surface area contributed by atoms with E-state index in [2.05, 4.69) is 0 Å². The zero-order valence-corrected chi connectivity index (χ0v) is 16.5. The van der Waals surface area contributed by atoms with Crippen molar-refractivity contribution >= 4 is 24.5 Å². The van der Waals surface area contributed by atoms with E-state index in [1.54, 1.807) is 4.90 Å². The van der Waals surface area contributed by atoms with E-state index in [1.807, 2.05) is 51.1 Å². The van der Waals surface area contributed by atoms with Gasteiger partial charge in [-0.3, -0.25) is 4.90 Å². The Kier molecular flexibility index (Phi) is 6.22. The van der Waals surface area contributed by atoms with E-state index >= 15 is 0 Å². The highest BCUT2D eigenvalue weighted by Gasteiger charge is 2.52. The second kappa shape index (κ2) is 7.87. The van der Waals surface area contributed by atoms with Crippen LogP contribution in [0.2, 0.25) is 0 Å². The Labute approximate surface area is 161 Å². The molecule has 1 spiro atoms. The molecule has 1 heterocycles. The van der Waals surface area contributed by atoms with E-state index in [9.17, 15) is 9.59 Å². The topological polar surface area (TPSA) is 55.8 Å². The van der Waals surface area contributed by atoms with Crippen LogP contribution in [0.5, 0.6) is 0 Å². The first-order valence-corrected chi connectivity index (χ1v) is 8.98. The maximum absolute atomic E-state index is 12.7. The molecule has 1 aromatic carbocycles. The molecule has 6 heteroatoms. The average molecular weight is 382 g/mol. The number of amides is 1. The molecular weight excluding hydrogens is 354 g/mol. The molecule has 0 aromatic heterocycles. The number of hydrogen-bond donors (Lipinski definition) is 0. The summed E-state index contributed by atoms with van der Waals surface area (Å²) in [5.74, 6) is -0.333. The predicted octanol–water partition coefficient (Wildman–Crippen LogP) is 4.33. The highest BCUT2D eigenvalue weighted by atomic mass is 35.5. The van der Waals surface area contributed by atoms with Gasteiger partial charge >= 0.3 is 12.1 Å². The van der Waals surface area contributed by atoms with Crippen molar-refractivity contribution in [3.8, 4) is 0 Å². The van der Waals surface area contributed by atoms with E-state index in [0.717, 1.165) is 24.8 Å². The van der Waals surface area contributed by atoms with Gasteiger partial charge in [-0.25, -0.2) is 9.59 Å². The Morgan fingerprint density at radius 1 is 1.15 bits per heavy atom. The summed E-state index contributed by atoms with van der Waals surface area (Å²) in [6, 6.07) is 9.04. The number of hydrogen-bond acceptors (Lipinski definition) is 4. The molecule has 0 N–H and O–H groups in total. The third kappa shape index (κ3) is 5.13. The molecular formula is C20H28ClNO4. The quantitative estimate of drug-likeness (QED) is 0.731. The molecule has 0 radical (unpaired) electrons. The van der Waals surface area contributed by atoms with Crippen molar-refractivity contribution in [3.63, 3.8) is 0 Å². The Hall–Kier alpha value is -1.75. The largest absolute Gasteiger partial charge is 0.459 e. The fourth-order valence-electron chi connectivity index (χ4n) is 3.34. The fourth-order valence-corrected chi connectivity index (χ4v) is 3.34. The van der Waals surface area contributed by atoms with Crippen molar-refractivity contribution in [1.29, 1.82) is 0 Å². The molecule has 26 heavy (non-hydrogen) atoms. The van der Waals surface area contributed by atoms with Crippen LogP contribution in [0, 0.1) is 5.41 Å². The molecule has 1 aliphatic carbocycles. The van der Waals surface area contributed by atoms with Crippen LogP contribution < -0.4 is 0 Å². The number of rotatable bonds is 3. The zero-order valence-electron chi connectivity index (χ0n) is 15.7. The van der Waals surface area contributed by atoms with Crippen LogP contribution in [0.15, 0.2) is 30.3 Å². The van der Waals surface area contributed by atoms with Gasteiger partial charge in [0.05, 0.1) is 0 Å². The number of ether oxygens (including phenoxy) is 2. The highest BCUT2D eigenvalue weighted by molar-refractivity contribution is 5.85. The van der Waals surface area contributed by atoms with Crippen molar-refractivity contribution in [2.24, 2.45) is 5.41 Å². The van der Waals surface area contributed by atoms with E-state index in [-0.39, 0.29) is 30.4 Å². The number of piperidine rings is 1. The molecule has 2 aliphatic rings. The monoisotopic (exact) mass is 381 g/mol. The Morgan fingerprint density at radius 3 is 2.38 bits per heavy atom. The third-order valence-electron chi connectivity index (χ3n) is 4.97. The molecule has 3 rings (SSSR count). The second-order valence-electron chi connectivity index (χ2n) is 8.24. The number of benzene rings is 1. The van der Waals surface area contributed by atoms with Crippen LogP contribution in [0.25, 0.3) is 0 Å². The Morgan fingerprint density at radius 2 is 1.81 bits per heavy atom. The molecule has 1 aromatic rings. The van der Waals surface area contributed by atoms with E-state index in [0.29, 0.717) is 13.0 Å². The maximum atomic E-state index is 12.7. The number of nitrogens with zero attached hydrogens (tertiary/aromatic N) is 1. The van der Waals surface area contributed by atoms with Crippen molar-refractivity contribution < 1.29 is 19.1 Å². The van der Waals surface area contributed by atoms with Crippen LogP contribution in [-0.2, 0) is 20.9 Å². The van der Waals surface area contributed by atoms with Crippen LogP contribution >= 0.6 is 12.4 Å². The first-order chi connectivity index (χ1) is 11.8. The zero-order chi connectivity index (χ0) is 18.1. The predicted molar refractivity (Wildman–Crippen MR) is 101 cm³/mol. The van der Waals surface area contributed by atoms with Gasteiger partial charge in [-0.15, -0.1) is 12.4 Å². The Balaban J connectivity index is 0.00000243. The van der Waals surface area contributed by atoms with Gasteiger partial charge in [-0.2, -0.15) is 0 Å². The summed E-state index contributed by atoms with van der Waals surface area (Å²) < 4.78 is 11.0. The van der Waals surface area contributed by atoms with Crippen molar-refractivity contribution in [3.05, 3.63) is 35.9 Å². The summed E-state index contributed by atoms with van der Waals surface area (Å²) in [4.78, 5) is 26.8. The minimum atomic E-state index is -0.579. The van der Waals surface area contributed by atoms with Crippen LogP contribution in [0.4, 0.5) is 4.79 Å². The first kappa shape index (κ1) is 20.6. The molecule has 1 aliphatic heterocycles. The molecule has 1 saturated carbocycles. The number of likely N-dealkylation sites (tertiary alicyclic amines) is 1. The Bertz CT molecular complexity index is 637. The van der Waals surface area contributed by atoms with Gasteiger partial charge in [0.25, 0.3) is 0 Å². The number of carbonyl (C=O) groups excluding carboxylic acids is 2. The number of carbonyl (C=O) groups is 2. The normalized spacial score (nSPS) is 20.9. The minimum Gasteiger partial charge on any atom is -0.459 e. The molecule has 0 bridgehead atoms. The van der Waals surface area contributed by atoms with E-state index in [1.165, 1.54) is 0 Å². The lowest BCUT2D eigenvalue weighted by atomic mass is 9.88. The molecule has 144 valence electrons. The summed E-state index contributed by atoms with van der Waals surface area (Å²) in [6.45, 7) is 6.28. The van der Waals surface area contributed by atoms with Crippen molar-refractivity contribution in [2.75, 3.05) is 6.54 Å². The summed E-state index contributed by atoms with van der Waals surface area (Å²) in [5, 5.41) is 0. The lowest BCUT2D eigenvalue weighted by Crippen LogP contribution is -2.52. The lowest BCUT2D eigenvalue weighted by Gasteiger charge is -2.38. The molecule has 0 unspecified atom stereocenters. The van der Waals surface area contributed by atoms with E-state index < -0.39 is 17.7 Å². The van der Waals surface area contributed by atoms with Crippen LogP contribution in [0.1, 0.15) is 52.0 Å². The molecule has 5 nitrogen and oxygen atoms in total. The van der Waals surface area contributed by atoms with Gasteiger partial charge < -0.3 is 9.47 Å². The first-order valence-electron chi connectivity index (χ1n) is 8.98. The van der Waals surface area contributed by atoms with E-state index in [4.69, 9.17) is 9.47 Å². The molecule has 1 atom stereocenters. The summed E-state index contributed by atoms with van der Waals surface area (Å²) in [6.07, 6.45) is 3.47. The lowest BCUT2D eigenvalue weighted by molar-refractivity contribution is -0.153. The van der Waals surface area contributed by atoms with Crippen molar-refractivity contribution in [1.82, 2.24) is 4.90 Å². The molecule has 1 amide bonds. The summed E-state index contributed by atoms with van der Waals surface area (Å²) in [7, 11) is 0. The standard InChI is InChI=1S/C20H27NO4.ClH/c1-19(2,3)25-18(23)21-12-11-20(9-10-20)13-16(21)17(22)24-14-15-7-5-4-6-8-15;/h4-8,16H,9-14H2,1-3H3;1H/t16-;/m0./s1. The average Bonchev–Trinajstić information content (AvgIpc) is 3.30. The van der Waals surface area contributed by atoms with Gasteiger partial charge in [0, 0.05) is 6.54 Å². The number of esters is 1. The van der Waals surface area contributed by atoms with Gasteiger partial charge in [0.1, 0.15) is 18.2 Å². The smallest absolute Gasteiger partial charge is 0.411 e. The molecule has 2 fully saturated rings. The summed E-state index contributed by atoms with van der Waals surface area (Å²) in [5.41, 5.74) is 0.593. The fraction of sp³-hybridized carbons (Fsp3) is 0.600. The van der Waals surface area contributed by atoms with Gasteiger partial charge in [0.15, 0.2) is 0 Å². The highest BCUT2D eigenvalue weighted by Crippen LogP contribution is 2.55. The number of halogens is 1.